The molecule has 0 N–H and O–H groups in total. The molecule has 0 aliphatic heterocycles. The molecular formula is C12H23N3. The van der Waals surface area contributed by atoms with Gasteiger partial charge < -0.3 is 0 Å². The summed E-state index contributed by atoms with van der Waals surface area (Å²) in [7, 11) is 0. The fourth-order valence-electron chi connectivity index (χ4n) is 3.45. The molecule has 0 amide bonds. The van der Waals surface area contributed by atoms with Gasteiger partial charge in [-0.1, -0.05) is 45.7 Å². The van der Waals surface area contributed by atoms with Crippen molar-refractivity contribution in [3.8, 4) is 0 Å². The van der Waals surface area contributed by atoms with E-state index in [0.29, 0.717) is 5.41 Å². The van der Waals surface area contributed by atoms with Gasteiger partial charge in [0.25, 0.3) is 0 Å². The Hall–Kier alpha value is -0.690. The molecule has 0 radical (unpaired) electrons. The van der Waals surface area contributed by atoms with Crippen LogP contribution >= 0.6 is 0 Å². The highest BCUT2D eigenvalue weighted by molar-refractivity contribution is 4.96. The molecule has 2 atom stereocenters. The smallest absolute Gasteiger partial charge is 0.0467 e. The van der Waals surface area contributed by atoms with Crippen LogP contribution in [0.2, 0.25) is 0 Å². The molecule has 1 fully saturated rings. The minimum atomic E-state index is -0.156. The monoisotopic (exact) mass is 209 g/mol. The highest BCUT2D eigenvalue weighted by atomic mass is 15.2. The van der Waals surface area contributed by atoms with Gasteiger partial charge in [0.15, 0.2) is 0 Å². The van der Waals surface area contributed by atoms with E-state index in [9.17, 15) is 0 Å². The first kappa shape index (κ1) is 12.4. The molecule has 0 unspecified atom stereocenters. The molecule has 86 valence electrons. The van der Waals surface area contributed by atoms with Gasteiger partial charge in [-0.05, 0) is 36.1 Å². The summed E-state index contributed by atoms with van der Waals surface area (Å²) in [5.41, 5.74) is 8.79. The van der Waals surface area contributed by atoms with E-state index >= 15 is 0 Å². The molecular weight excluding hydrogens is 186 g/mol. The van der Waals surface area contributed by atoms with Crippen molar-refractivity contribution >= 4 is 0 Å². The SMILES string of the molecule is CCC[C@@H]1CC(C)(C)C[C@@](C)(N=[N+]=[N-])C1. The van der Waals surface area contributed by atoms with Crippen LogP contribution in [0.5, 0.6) is 0 Å². The summed E-state index contributed by atoms with van der Waals surface area (Å²) in [6.07, 6.45) is 5.85. The quantitative estimate of drug-likeness (QED) is 0.368. The molecule has 3 heteroatoms. The van der Waals surface area contributed by atoms with Gasteiger partial charge in [-0.25, -0.2) is 0 Å². The Morgan fingerprint density at radius 3 is 2.53 bits per heavy atom. The van der Waals surface area contributed by atoms with Gasteiger partial charge in [0, 0.05) is 10.5 Å². The Morgan fingerprint density at radius 2 is 2.00 bits per heavy atom. The van der Waals surface area contributed by atoms with Gasteiger partial charge in [-0.15, -0.1) is 0 Å². The maximum atomic E-state index is 8.63. The Bertz CT molecular complexity index is 266. The lowest BCUT2D eigenvalue weighted by atomic mass is 9.64. The van der Waals surface area contributed by atoms with Gasteiger partial charge in [0.05, 0.1) is 0 Å². The third kappa shape index (κ3) is 3.42. The van der Waals surface area contributed by atoms with E-state index in [1.807, 2.05) is 0 Å². The average Bonchev–Trinajstić information content (AvgIpc) is 1.99. The van der Waals surface area contributed by atoms with Crippen LogP contribution in [0, 0.1) is 11.3 Å². The molecule has 1 saturated carbocycles. The highest BCUT2D eigenvalue weighted by Gasteiger charge is 2.40. The van der Waals surface area contributed by atoms with E-state index in [2.05, 4.69) is 37.7 Å². The van der Waals surface area contributed by atoms with Crippen LogP contribution in [0.15, 0.2) is 5.11 Å². The number of hydrogen-bond donors (Lipinski definition) is 0. The summed E-state index contributed by atoms with van der Waals surface area (Å²) >= 11 is 0. The van der Waals surface area contributed by atoms with Crippen LogP contribution < -0.4 is 0 Å². The van der Waals surface area contributed by atoms with E-state index < -0.39 is 0 Å². The predicted molar refractivity (Wildman–Crippen MR) is 63.6 cm³/mol. The number of azide groups is 1. The molecule has 0 aromatic rings. The van der Waals surface area contributed by atoms with E-state index in [4.69, 9.17) is 5.53 Å². The van der Waals surface area contributed by atoms with Crippen LogP contribution in [0.25, 0.3) is 10.4 Å². The molecule has 1 aliphatic carbocycles. The minimum absolute atomic E-state index is 0.156. The Morgan fingerprint density at radius 1 is 1.33 bits per heavy atom. The lowest BCUT2D eigenvalue weighted by Gasteiger charge is -2.44. The van der Waals surface area contributed by atoms with Crippen molar-refractivity contribution in [2.75, 3.05) is 0 Å². The van der Waals surface area contributed by atoms with Crippen LogP contribution in [0.1, 0.15) is 59.8 Å². The minimum Gasteiger partial charge on any atom is -0.0875 e. The normalized spacial score (nSPS) is 34.5. The van der Waals surface area contributed by atoms with E-state index in [1.54, 1.807) is 0 Å². The summed E-state index contributed by atoms with van der Waals surface area (Å²) in [5.74, 6) is 0.731. The third-order valence-electron chi connectivity index (χ3n) is 3.41. The summed E-state index contributed by atoms with van der Waals surface area (Å²) in [6, 6.07) is 0. The van der Waals surface area contributed by atoms with Crippen LogP contribution in [0.4, 0.5) is 0 Å². The van der Waals surface area contributed by atoms with E-state index in [-0.39, 0.29) is 5.54 Å². The van der Waals surface area contributed by atoms with Gasteiger partial charge in [0.1, 0.15) is 0 Å². The van der Waals surface area contributed by atoms with Gasteiger partial charge in [0.2, 0.25) is 0 Å². The fraction of sp³-hybridized carbons (Fsp3) is 1.00. The zero-order chi connectivity index (χ0) is 11.5. The maximum absolute atomic E-state index is 8.63. The molecule has 3 nitrogen and oxygen atoms in total. The second kappa shape index (κ2) is 4.44. The van der Waals surface area contributed by atoms with Crippen molar-refractivity contribution in [2.24, 2.45) is 16.4 Å². The van der Waals surface area contributed by atoms with E-state index in [1.165, 1.54) is 19.3 Å². The van der Waals surface area contributed by atoms with E-state index in [0.717, 1.165) is 18.8 Å². The first-order valence-corrected chi connectivity index (χ1v) is 5.97. The highest BCUT2D eigenvalue weighted by Crippen LogP contribution is 2.47. The lowest BCUT2D eigenvalue weighted by Crippen LogP contribution is -2.38. The summed E-state index contributed by atoms with van der Waals surface area (Å²) in [5, 5.41) is 4.02. The fourth-order valence-corrected chi connectivity index (χ4v) is 3.45. The number of rotatable bonds is 3. The summed E-state index contributed by atoms with van der Waals surface area (Å²) < 4.78 is 0. The molecule has 0 bridgehead atoms. The van der Waals surface area contributed by atoms with Gasteiger partial charge in [-0.3, -0.25) is 0 Å². The second-order valence-corrected chi connectivity index (χ2v) is 6.09. The van der Waals surface area contributed by atoms with Crippen molar-refractivity contribution < 1.29 is 0 Å². The predicted octanol–water partition coefficient (Wildman–Crippen LogP) is 4.68. The van der Waals surface area contributed by atoms with Crippen molar-refractivity contribution in [3.63, 3.8) is 0 Å². The molecule has 15 heavy (non-hydrogen) atoms. The first-order valence-electron chi connectivity index (χ1n) is 5.97. The van der Waals surface area contributed by atoms with Crippen molar-refractivity contribution in [3.05, 3.63) is 10.4 Å². The summed E-state index contributed by atoms with van der Waals surface area (Å²) in [6.45, 7) is 8.92. The van der Waals surface area contributed by atoms with Crippen LogP contribution in [-0.2, 0) is 0 Å². The zero-order valence-corrected chi connectivity index (χ0v) is 10.5. The molecule has 0 aromatic carbocycles. The van der Waals surface area contributed by atoms with Gasteiger partial charge >= 0.3 is 0 Å². The van der Waals surface area contributed by atoms with Gasteiger partial charge in [-0.2, -0.15) is 0 Å². The second-order valence-electron chi connectivity index (χ2n) is 6.09. The molecule has 0 saturated heterocycles. The van der Waals surface area contributed by atoms with Crippen molar-refractivity contribution in [1.82, 2.24) is 0 Å². The molecule has 1 rings (SSSR count). The van der Waals surface area contributed by atoms with Crippen LogP contribution in [-0.4, -0.2) is 5.54 Å². The maximum Gasteiger partial charge on any atom is 0.0467 e. The largest absolute Gasteiger partial charge is 0.0875 e. The van der Waals surface area contributed by atoms with Crippen LogP contribution in [0.3, 0.4) is 0 Å². The lowest BCUT2D eigenvalue weighted by molar-refractivity contribution is 0.105. The Balaban J connectivity index is 2.80. The summed E-state index contributed by atoms with van der Waals surface area (Å²) in [4.78, 5) is 3.02. The molecule has 0 spiro atoms. The first-order chi connectivity index (χ1) is 6.91. The Kier molecular flexibility index (Phi) is 3.67. The molecule has 1 aliphatic rings. The number of nitrogens with zero attached hydrogens (tertiary/aromatic N) is 3. The molecule has 0 aromatic heterocycles. The zero-order valence-electron chi connectivity index (χ0n) is 10.5. The van der Waals surface area contributed by atoms with Crippen molar-refractivity contribution in [2.45, 2.75) is 65.3 Å². The Labute approximate surface area is 92.9 Å². The van der Waals surface area contributed by atoms with Crippen molar-refractivity contribution in [1.29, 1.82) is 0 Å². The molecule has 0 heterocycles. The number of hydrogen-bond acceptors (Lipinski definition) is 1. The average molecular weight is 209 g/mol. The standard InChI is InChI=1S/C12H23N3/c1-5-6-10-7-11(2,3)9-12(4,8-10)14-15-13/h10H,5-9H2,1-4H3/t10-,12+/m1/s1. The topological polar surface area (TPSA) is 48.8 Å². The third-order valence-corrected chi connectivity index (χ3v) is 3.41.